The van der Waals surface area contributed by atoms with E-state index in [2.05, 4.69) is 16.5 Å². The minimum atomic E-state index is -4.35. The minimum Gasteiger partial charge on any atom is -0.350 e. The van der Waals surface area contributed by atoms with Crippen LogP contribution in [-0.4, -0.2) is 59.4 Å². The molecule has 2 aromatic heterocycles. The lowest BCUT2D eigenvalue weighted by molar-refractivity contribution is -0.126. The van der Waals surface area contributed by atoms with Crippen LogP contribution >= 0.6 is 11.6 Å². The molecule has 14 heteroatoms. The Bertz CT molecular complexity index is 1880. The summed E-state index contributed by atoms with van der Waals surface area (Å²) in [6, 6.07) is 6.94. The molecular formula is C27H23ClF2N6O4S. The number of amides is 1. The maximum atomic E-state index is 15.8. The van der Waals surface area contributed by atoms with Crippen LogP contribution < -0.4 is 15.7 Å². The third-order valence-corrected chi connectivity index (χ3v) is 8.16. The van der Waals surface area contributed by atoms with Gasteiger partial charge in [-0.2, -0.15) is 4.98 Å². The zero-order valence-corrected chi connectivity index (χ0v) is 23.2. The Morgan fingerprint density at radius 3 is 2.61 bits per heavy atom. The molecule has 1 fully saturated rings. The fraction of sp³-hybridized carbons (Fsp3) is 0.185. The van der Waals surface area contributed by atoms with Gasteiger partial charge in [0.2, 0.25) is 15.9 Å². The molecule has 2 N–H and O–H groups in total. The van der Waals surface area contributed by atoms with Crippen LogP contribution in [0.2, 0.25) is 5.02 Å². The average molecular weight is 601 g/mol. The number of pyridine rings is 1. The van der Waals surface area contributed by atoms with E-state index in [1.807, 2.05) is 6.92 Å². The molecule has 1 aliphatic rings. The first-order valence-corrected chi connectivity index (χ1v) is 14.2. The molecule has 1 saturated heterocycles. The Kier molecular flexibility index (Phi) is 7.36. The maximum Gasteiger partial charge on any atom is 0.354 e. The molecule has 0 spiro atoms. The number of hydrogen-bond donors (Lipinski definition) is 1. The van der Waals surface area contributed by atoms with Crippen molar-refractivity contribution in [2.45, 2.75) is 17.9 Å². The van der Waals surface area contributed by atoms with Crippen LogP contribution in [0.1, 0.15) is 6.92 Å². The first kappa shape index (κ1) is 28.3. The van der Waals surface area contributed by atoms with E-state index in [0.29, 0.717) is 0 Å². The second-order valence-corrected chi connectivity index (χ2v) is 11.4. The van der Waals surface area contributed by atoms with E-state index < -0.39 is 32.2 Å². The van der Waals surface area contributed by atoms with Gasteiger partial charge in [0.15, 0.2) is 0 Å². The molecule has 1 amide bonds. The second-order valence-electron chi connectivity index (χ2n) is 9.42. The van der Waals surface area contributed by atoms with Crippen LogP contribution in [0.5, 0.6) is 0 Å². The van der Waals surface area contributed by atoms with E-state index in [-0.39, 0.29) is 70.1 Å². The first-order chi connectivity index (χ1) is 19.4. The van der Waals surface area contributed by atoms with Crippen molar-refractivity contribution in [3.05, 3.63) is 88.6 Å². The zero-order chi connectivity index (χ0) is 29.6. The van der Waals surface area contributed by atoms with Crippen molar-refractivity contribution in [1.29, 1.82) is 0 Å². The molecule has 1 atom stereocenters. The van der Waals surface area contributed by atoms with Gasteiger partial charge in [0, 0.05) is 48.4 Å². The topological polar surface area (TPSA) is 131 Å². The summed E-state index contributed by atoms with van der Waals surface area (Å²) in [5.74, 6) is -1.81. The number of aromatic nitrogens is 3. The van der Waals surface area contributed by atoms with Gasteiger partial charge in [0.25, 0.3) is 0 Å². The number of hydrogen-bond acceptors (Lipinski definition) is 7. The molecule has 5 rings (SSSR count). The van der Waals surface area contributed by atoms with Gasteiger partial charge < -0.3 is 9.80 Å². The van der Waals surface area contributed by atoms with Crippen molar-refractivity contribution >= 4 is 44.3 Å². The van der Waals surface area contributed by atoms with Crippen molar-refractivity contribution in [2.75, 3.05) is 24.5 Å². The van der Waals surface area contributed by atoms with Crippen LogP contribution in [0, 0.1) is 11.6 Å². The summed E-state index contributed by atoms with van der Waals surface area (Å²) >= 11 is 6.24. The largest absolute Gasteiger partial charge is 0.354 e. The molecule has 4 aromatic rings. The highest BCUT2D eigenvalue weighted by Crippen LogP contribution is 2.37. The molecule has 1 aliphatic heterocycles. The molecule has 2 aromatic carbocycles. The third-order valence-electron chi connectivity index (χ3n) is 6.89. The normalized spacial score (nSPS) is 15.8. The standard InChI is InChI=1S/C27H23ClF2N6O4S/c1-3-24(37)34-9-10-35(15(2)14-34)26-17-11-20(30)16(25-18(28)5-4-6-19(25)29)12-21(17)36(27(38)33-26)22-13-32-8-7-23(22)41(31,39)40/h3-8,11-13,15H,1,9-10,14H2,2H3,(H2,31,39,40)/t15-/m0/s1. The van der Waals surface area contributed by atoms with Crippen LogP contribution in [0.15, 0.2) is 71.1 Å². The van der Waals surface area contributed by atoms with Crippen molar-refractivity contribution < 1.29 is 22.0 Å². The Labute approximate surface area is 238 Å². The lowest BCUT2D eigenvalue weighted by Crippen LogP contribution is -2.54. The van der Waals surface area contributed by atoms with E-state index in [1.54, 1.807) is 9.80 Å². The number of benzene rings is 2. The number of halogens is 3. The molecule has 41 heavy (non-hydrogen) atoms. The molecule has 212 valence electrons. The van der Waals surface area contributed by atoms with Crippen LogP contribution in [0.3, 0.4) is 0 Å². The van der Waals surface area contributed by atoms with Gasteiger partial charge in [0.05, 0.1) is 22.4 Å². The number of nitrogens with two attached hydrogens (primary N) is 1. The summed E-state index contributed by atoms with van der Waals surface area (Å²) in [5.41, 5.74) is -1.64. The van der Waals surface area contributed by atoms with Gasteiger partial charge in [-0.15, -0.1) is 0 Å². The molecule has 10 nitrogen and oxygen atoms in total. The SMILES string of the molecule is C=CC(=O)N1CCN(c2nc(=O)n(-c3cnccc3S(N)(=O)=O)c3cc(-c4c(F)cccc4Cl)c(F)cc23)[C@@H](C)C1. The van der Waals surface area contributed by atoms with E-state index in [9.17, 15) is 22.4 Å². The van der Waals surface area contributed by atoms with Crippen molar-refractivity contribution in [3.8, 4) is 16.8 Å². The Morgan fingerprint density at radius 1 is 1.20 bits per heavy atom. The predicted molar refractivity (Wildman–Crippen MR) is 150 cm³/mol. The Balaban J connectivity index is 1.83. The van der Waals surface area contributed by atoms with E-state index >= 15 is 4.39 Å². The number of primary sulfonamides is 1. The van der Waals surface area contributed by atoms with E-state index in [4.69, 9.17) is 16.7 Å². The zero-order valence-electron chi connectivity index (χ0n) is 21.6. The summed E-state index contributed by atoms with van der Waals surface area (Å²) in [7, 11) is -4.35. The minimum absolute atomic E-state index is 0.00502. The summed E-state index contributed by atoms with van der Waals surface area (Å²) in [6.45, 7) is 6.14. The third kappa shape index (κ3) is 5.07. The van der Waals surface area contributed by atoms with E-state index in [0.717, 1.165) is 29.0 Å². The first-order valence-electron chi connectivity index (χ1n) is 12.3. The van der Waals surface area contributed by atoms with Crippen molar-refractivity contribution in [2.24, 2.45) is 5.14 Å². The Hall–Kier alpha value is -4.20. The molecular weight excluding hydrogens is 578 g/mol. The maximum absolute atomic E-state index is 15.8. The van der Waals surface area contributed by atoms with Crippen molar-refractivity contribution in [1.82, 2.24) is 19.4 Å². The van der Waals surface area contributed by atoms with Gasteiger partial charge >= 0.3 is 5.69 Å². The summed E-state index contributed by atoms with van der Waals surface area (Å²) in [4.78, 5) is 36.9. The lowest BCUT2D eigenvalue weighted by Gasteiger charge is -2.40. The van der Waals surface area contributed by atoms with Crippen molar-refractivity contribution in [3.63, 3.8) is 0 Å². The molecule has 0 aliphatic carbocycles. The number of carbonyl (C=O) groups excluding carboxylic acids is 1. The van der Waals surface area contributed by atoms with Crippen LogP contribution in [0.4, 0.5) is 14.6 Å². The number of sulfonamides is 1. The highest BCUT2D eigenvalue weighted by Gasteiger charge is 2.30. The summed E-state index contributed by atoms with van der Waals surface area (Å²) in [6.07, 6.45) is 3.51. The van der Waals surface area contributed by atoms with Gasteiger partial charge in [-0.3, -0.25) is 14.3 Å². The molecule has 0 radical (unpaired) electrons. The number of piperazine rings is 1. The monoisotopic (exact) mass is 600 g/mol. The number of nitrogens with zero attached hydrogens (tertiary/aromatic N) is 5. The second kappa shape index (κ2) is 10.7. The van der Waals surface area contributed by atoms with E-state index in [1.165, 1.54) is 30.5 Å². The number of carbonyl (C=O) groups is 1. The van der Waals surface area contributed by atoms with Gasteiger partial charge in [-0.25, -0.2) is 27.1 Å². The van der Waals surface area contributed by atoms with Gasteiger partial charge in [0.1, 0.15) is 22.3 Å². The Morgan fingerprint density at radius 2 is 1.95 bits per heavy atom. The fourth-order valence-electron chi connectivity index (χ4n) is 5.01. The summed E-state index contributed by atoms with van der Waals surface area (Å²) < 4.78 is 56.4. The molecule has 0 bridgehead atoms. The van der Waals surface area contributed by atoms with Crippen LogP contribution in [0.25, 0.3) is 27.7 Å². The molecule has 0 saturated carbocycles. The number of rotatable bonds is 5. The van der Waals surface area contributed by atoms with Crippen LogP contribution in [-0.2, 0) is 14.8 Å². The van der Waals surface area contributed by atoms with Gasteiger partial charge in [-0.05, 0) is 43.3 Å². The predicted octanol–water partition coefficient (Wildman–Crippen LogP) is 3.25. The lowest BCUT2D eigenvalue weighted by atomic mass is 10.0. The summed E-state index contributed by atoms with van der Waals surface area (Å²) in [5, 5.41) is 5.47. The number of fused-ring (bicyclic) bond motifs is 1. The number of anilines is 1. The average Bonchev–Trinajstić information content (AvgIpc) is 2.92. The highest BCUT2D eigenvalue weighted by atomic mass is 35.5. The quantitative estimate of drug-likeness (QED) is 0.348. The van der Waals surface area contributed by atoms with Gasteiger partial charge in [-0.1, -0.05) is 24.2 Å². The highest BCUT2D eigenvalue weighted by molar-refractivity contribution is 7.89. The molecule has 3 heterocycles. The fourth-order valence-corrected chi connectivity index (χ4v) is 5.96. The smallest absolute Gasteiger partial charge is 0.350 e. The molecule has 0 unspecified atom stereocenters.